The number of alkyl halides is 1. The zero-order chi connectivity index (χ0) is 14.5. The summed E-state index contributed by atoms with van der Waals surface area (Å²) in [5.74, 6) is 0.336. The van der Waals surface area contributed by atoms with Crippen LogP contribution >= 0.6 is 11.6 Å². The molecule has 0 fully saturated rings. The van der Waals surface area contributed by atoms with Crippen LogP contribution in [0.4, 0.5) is 5.69 Å². The molecule has 0 aliphatic rings. The van der Waals surface area contributed by atoms with Crippen molar-refractivity contribution in [3.05, 3.63) is 63.8 Å². The summed E-state index contributed by atoms with van der Waals surface area (Å²) in [5, 5.41) is 10.6. The fourth-order valence-corrected chi connectivity index (χ4v) is 2.15. The molecule has 0 aliphatic heterocycles. The number of pyridine rings is 1. The van der Waals surface area contributed by atoms with E-state index in [0.717, 1.165) is 5.56 Å². The first-order valence-corrected chi connectivity index (χ1v) is 6.42. The number of ether oxygens (including phenoxy) is 1. The Bertz CT molecular complexity index is 605. The molecule has 20 heavy (non-hydrogen) atoms. The van der Waals surface area contributed by atoms with Gasteiger partial charge in [0.1, 0.15) is 5.69 Å². The van der Waals surface area contributed by atoms with Gasteiger partial charge in [-0.3, -0.25) is 10.1 Å². The molecular weight excluding hydrogens is 280 g/mol. The zero-order valence-electron chi connectivity index (χ0n) is 10.8. The van der Waals surface area contributed by atoms with Gasteiger partial charge in [0.2, 0.25) is 5.88 Å². The molecule has 0 saturated carbocycles. The van der Waals surface area contributed by atoms with Gasteiger partial charge in [0.15, 0.2) is 0 Å². The van der Waals surface area contributed by atoms with E-state index in [-0.39, 0.29) is 17.5 Å². The van der Waals surface area contributed by atoms with Crippen molar-refractivity contribution in [3.8, 4) is 5.88 Å². The van der Waals surface area contributed by atoms with Gasteiger partial charge < -0.3 is 4.74 Å². The molecule has 0 spiro atoms. The first-order valence-electron chi connectivity index (χ1n) is 5.99. The lowest BCUT2D eigenvalue weighted by Crippen LogP contribution is -2.04. The molecule has 0 amide bonds. The van der Waals surface area contributed by atoms with Crippen LogP contribution in [0, 0.1) is 10.1 Å². The molecular formula is C14H13ClN2O3. The van der Waals surface area contributed by atoms with Gasteiger partial charge in [-0.25, -0.2) is 4.98 Å². The zero-order valence-corrected chi connectivity index (χ0v) is 11.6. The van der Waals surface area contributed by atoms with Crippen LogP contribution in [-0.4, -0.2) is 17.0 Å². The van der Waals surface area contributed by atoms with Crippen molar-refractivity contribution in [3.63, 3.8) is 0 Å². The summed E-state index contributed by atoms with van der Waals surface area (Å²) in [6.45, 7) is 0. The molecule has 1 aromatic heterocycles. The predicted octanol–water partition coefficient (Wildman–Crippen LogP) is 3.52. The minimum Gasteiger partial charge on any atom is -0.481 e. The number of nitro groups is 1. The summed E-state index contributed by atoms with van der Waals surface area (Å²) >= 11 is 6.31. The smallest absolute Gasteiger partial charge is 0.291 e. The highest BCUT2D eigenvalue weighted by molar-refractivity contribution is 6.20. The van der Waals surface area contributed by atoms with Crippen LogP contribution in [0.2, 0.25) is 0 Å². The van der Waals surface area contributed by atoms with Crippen molar-refractivity contribution in [2.45, 2.75) is 11.8 Å². The summed E-state index contributed by atoms with van der Waals surface area (Å²) in [6.07, 6.45) is 0.263. The summed E-state index contributed by atoms with van der Waals surface area (Å²) in [7, 11) is 1.47. The first kappa shape index (κ1) is 14.3. The number of hydrogen-bond acceptors (Lipinski definition) is 4. The van der Waals surface area contributed by atoms with Gasteiger partial charge in [-0.2, -0.15) is 0 Å². The lowest BCUT2D eigenvalue weighted by atomic mass is 10.1. The summed E-state index contributed by atoms with van der Waals surface area (Å²) in [4.78, 5) is 14.7. The first-order chi connectivity index (χ1) is 9.61. The van der Waals surface area contributed by atoms with Crippen molar-refractivity contribution in [1.29, 1.82) is 0 Å². The second-order valence-electron chi connectivity index (χ2n) is 4.16. The quantitative estimate of drug-likeness (QED) is 0.480. The summed E-state index contributed by atoms with van der Waals surface area (Å²) in [6, 6.07) is 12.2. The van der Waals surface area contributed by atoms with Gasteiger partial charge in [-0.1, -0.05) is 30.3 Å². The number of methoxy groups -OCH3 is 1. The number of halogens is 1. The third kappa shape index (κ3) is 3.24. The van der Waals surface area contributed by atoms with E-state index in [1.54, 1.807) is 0 Å². The second-order valence-corrected chi connectivity index (χ2v) is 4.69. The lowest BCUT2D eigenvalue weighted by Gasteiger charge is -2.10. The van der Waals surface area contributed by atoms with Crippen LogP contribution in [0.1, 0.15) is 16.6 Å². The van der Waals surface area contributed by atoms with Crippen LogP contribution in [-0.2, 0) is 6.42 Å². The molecule has 5 nitrogen and oxygen atoms in total. The number of nitrogens with zero attached hydrogens (tertiary/aromatic N) is 2. The third-order valence-corrected chi connectivity index (χ3v) is 3.27. The van der Waals surface area contributed by atoms with Gasteiger partial charge in [0, 0.05) is 18.6 Å². The predicted molar refractivity (Wildman–Crippen MR) is 76.2 cm³/mol. The van der Waals surface area contributed by atoms with E-state index in [0.29, 0.717) is 11.6 Å². The average Bonchev–Trinajstić information content (AvgIpc) is 2.47. The van der Waals surface area contributed by atoms with Crippen LogP contribution < -0.4 is 4.74 Å². The minimum absolute atomic E-state index is 0.0487. The van der Waals surface area contributed by atoms with Gasteiger partial charge in [-0.15, -0.1) is 11.6 Å². The number of benzene rings is 1. The lowest BCUT2D eigenvalue weighted by molar-refractivity contribution is -0.386. The molecule has 2 aromatic rings. The molecule has 104 valence electrons. The van der Waals surface area contributed by atoms with Gasteiger partial charge in [-0.05, 0) is 5.56 Å². The highest BCUT2D eigenvalue weighted by atomic mass is 35.5. The van der Waals surface area contributed by atoms with Crippen molar-refractivity contribution in [2.24, 2.45) is 0 Å². The Labute approximate surface area is 121 Å². The van der Waals surface area contributed by atoms with Crippen LogP contribution in [0.5, 0.6) is 5.88 Å². The molecule has 0 bridgehead atoms. The van der Waals surface area contributed by atoms with E-state index in [1.807, 2.05) is 30.3 Å². The normalized spacial score (nSPS) is 11.9. The van der Waals surface area contributed by atoms with Crippen LogP contribution in [0.25, 0.3) is 0 Å². The molecule has 1 atom stereocenters. The van der Waals surface area contributed by atoms with Gasteiger partial charge in [0.25, 0.3) is 5.69 Å². The third-order valence-electron chi connectivity index (χ3n) is 2.86. The Morgan fingerprint density at radius 1 is 1.30 bits per heavy atom. The summed E-state index contributed by atoms with van der Waals surface area (Å²) < 4.78 is 5.00. The molecule has 0 N–H and O–H groups in total. The van der Waals surface area contributed by atoms with E-state index < -0.39 is 4.92 Å². The van der Waals surface area contributed by atoms with Gasteiger partial charge in [0.05, 0.1) is 17.4 Å². The Hall–Kier alpha value is -2.14. The van der Waals surface area contributed by atoms with Crippen LogP contribution in [0.15, 0.2) is 42.5 Å². The molecule has 1 heterocycles. The largest absolute Gasteiger partial charge is 0.481 e. The van der Waals surface area contributed by atoms with E-state index in [1.165, 1.54) is 19.2 Å². The average molecular weight is 293 g/mol. The Morgan fingerprint density at radius 2 is 2.00 bits per heavy atom. The molecule has 6 heteroatoms. The van der Waals surface area contributed by atoms with E-state index in [4.69, 9.17) is 16.3 Å². The molecule has 1 aromatic carbocycles. The SMILES string of the molecule is COc1ccc([N+](=O)[O-])c(CC(Cl)c2ccccc2)n1. The Morgan fingerprint density at radius 3 is 2.60 bits per heavy atom. The van der Waals surface area contributed by atoms with Gasteiger partial charge >= 0.3 is 0 Å². The van der Waals surface area contributed by atoms with E-state index in [9.17, 15) is 10.1 Å². The Kier molecular flexibility index (Phi) is 4.53. The van der Waals surface area contributed by atoms with E-state index in [2.05, 4.69) is 4.98 Å². The van der Waals surface area contributed by atoms with Crippen molar-refractivity contribution in [2.75, 3.05) is 7.11 Å². The fraction of sp³-hybridized carbons (Fsp3) is 0.214. The highest BCUT2D eigenvalue weighted by Gasteiger charge is 2.20. The van der Waals surface area contributed by atoms with Crippen molar-refractivity contribution >= 4 is 17.3 Å². The maximum absolute atomic E-state index is 11.0. The molecule has 2 rings (SSSR count). The van der Waals surface area contributed by atoms with Crippen LogP contribution in [0.3, 0.4) is 0 Å². The minimum atomic E-state index is -0.462. The summed E-state index contributed by atoms with van der Waals surface area (Å²) in [5.41, 5.74) is 1.17. The number of rotatable bonds is 5. The number of aromatic nitrogens is 1. The fourth-order valence-electron chi connectivity index (χ4n) is 1.85. The van der Waals surface area contributed by atoms with Crippen molar-refractivity contribution < 1.29 is 9.66 Å². The standard InChI is InChI=1S/C14H13ClN2O3/c1-20-14-8-7-13(17(18)19)12(16-14)9-11(15)10-5-3-2-4-6-10/h2-8,11H,9H2,1H3. The number of hydrogen-bond donors (Lipinski definition) is 0. The maximum Gasteiger partial charge on any atom is 0.291 e. The molecule has 0 radical (unpaired) electrons. The monoisotopic (exact) mass is 292 g/mol. The molecule has 0 saturated heterocycles. The highest BCUT2D eigenvalue weighted by Crippen LogP contribution is 2.29. The van der Waals surface area contributed by atoms with Crippen molar-refractivity contribution in [1.82, 2.24) is 4.98 Å². The molecule has 0 aliphatic carbocycles. The second kappa shape index (κ2) is 6.34. The van der Waals surface area contributed by atoms with E-state index >= 15 is 0 Å². The topological polar surface area (TPSA) is 65.3 Å². The molecule has 1 unspecified atom stereocenters. The Balaban J connectivity index is 2.29. The maximum atomic E-state index is 11.0.